The van der Waals surface area contributed by atoms with Gasteiger partial charge in [-0.1, -0.05) is 24.3 Å². The largest absolute Gasteiger partial charge is 0.336 e. The van der Waals surface area contributed by atoms with Crippen LogP contribution in [0.2, 0.25) is 0 Å². The molecule has 212 valence electrons. The van der Waals surface area contributed by atoms with Gasteiger partial charge < -0.3 is 20.1 Å². The Balaban J connectivity index is 1.22. The van der Waals surface area contributed by atoms with Crippen molar-refractivity contribution in [3.8, 4) is 11.3 Å². The molecule has 8 heteroatoms. The van der Waals surface area contributed by atoms with Gasteiger partial charge in [-0.25, -0.2) is 4.98 Å². The molecular formula is C33H37N5O2S. The number of hydrogen-bond donors (Lipinski definition) is 2. The van der Waals surface area contributed by atoms with Gasteiger partial charge in [0.05, 0.1) is 10.6 Å². The minimum absolute atomic E-state index is 0.0795. The molecule has 2 aromatic heterocycles. The third-order valence-electron chi connectivity index (χ3n) is 8.51. The van der Waals surface area contributed by atoms with E-state index in [4.69, 9.17) is 4.98 Å². The molecule has 0 atom stereocenters. The molecule has 1 saturated heterocycles. The Morgan fingerprint density at radius 1 is 1.02 bits per heavy atom. The molecule has 0 spiro atoms. The fourth-order valence-corrected chi connectivity index (χ4v) is 7.12. The number of piperidine rings is 1. The molecule has 6 rings (SSSR count). The highest BCUT2D eigenvalue weighted by atomic mass is 32.1. The summed E-state index contributed by atoms with van der Waals surface area (Å²) in [7, 11) is 3.91. The highest BCUT2D eigenvalue weighted by Crippen LogP contribution is 2.32. The molecule has 2 aromatic carbocycles. The first-order valence-electron chi connectivity index (χ1n) is 14.5. The molecule has 2 aliphatic rings. The predicted molar refractivity (Wildman–Crippen MR) is 168 cm³/mol. The third kappa shape index (κ3) is 5.85. The highest BCUT2D eigenvalue weighted by molar-refractivity contribution is 7.14. The smallest absolute Gasteiger partial charge is 0.293 e. The summed E-state index contributed by atoms with van der Waals surface area (Å²) in [6.45, 7) is 4.22. The summed E-state index contributed by atoms with van der Waals surface area (Å²) >= 11 is 1.61. The van der Waals surface area contributed by atoms with Crippen LogP contribution in [0.5, 0.6) is 0 Å². The zero-order valence-corrected chi connectivity index (χ0v) is 24.8. The van der Waals surface area contributed by atoms with Gasteiger partial charge in [-0.05, 0) is 112 Å². The van der Waals surface area contributed by atoms with Crippen LogP contribution >= 0.6 is 11.3 Å². The normalized spacial score (nSPS) is 15.9. The fraction of sp³-hybridized carbons (Fsp3) is 0.364. The molecule has 7 nitrogen and oxygen atoms in total. The summed E-state index contributed by atoms with van der Waals surface area (Å²) in [4.78, 5) is 35.4. The molecule has 0 saturated carbocycles. The van der Waals surface area contributed by atoms with Crippen molar-refractivity contribution in [2.75, 3.05) is 30.8 Å². The Morgan fingerprint density at radius 3 is 2.54 bits per heavy atom. The van der Waals surface area contributed by atoms with E-state index < -0.39 is 0 Å². The van der Waals surface area contributed by atoms with Gasteiger partial charge in [0.1, 0.15) is 0 Å². The maximum Gasteiger partial charge on any atom is 0.293 e. The van der Waals surface area contributed by atoms with Crippen LogP contribution in [0.25, 0.3) is 11.3 Å². The van der Waals surface area contributed by atoms with Gasteiger partial charge >= 0.3 is 0 Å². The lowest BCUT2D eigenvalue weighted by Crippen LogP contribution is -2.29. The van der Waals surface area contributed by atoms with Gasteiger partial charge in [0.2, 0.25) is 0 Å². The number of fused-ring (bicyclic) bond motifs is 1. The van der Waals surface area contributed by atoms with E-state index in [-0.39, 0.29) is 17.3 Å². The maximum absolute atomic E-state index is 13.2. The fourth-order valence-electron chi connectivity index (χ4n) is 5.97. The van der Waals surface area contributed by atoms with Crippen LogP contribution in [0.1, 0.15) is 62.8 Å². The van der Waals surface area contributed by atoms with Crippen molar-refractivity contribution in [1.29, 1.82) is 0 Å². The monoisotopic (exact) mass is 567 g/mol. The van der Waals surface area contributed by atoms with Gasteiger partial charge in [0.15, 0.2) is 5.82 Å². The molecule has 41 heavy (non-hydrogen) atoms. The number of carbonyl (C=O) groups is 1. The number of rotatable bonds is 6. The van der Waals surface area contributed by atoms with Crippen LogP contribution in [0.3, 0.4) is 0 Å². The van der Waals surface area contributed by atoms with Crippen LogP contribution in [0.15, 0.2) is 59.5 Å². The van der Waals surface area contributed by atoms with E-state index in [1.807, 2.05) is 37.3 Å². The van der Waals surface area contributed by atoms with Crippen molar-refractivity contribution >= 4 is 34.4 Å². The van der Waals surface area contributed by atoms with Gasteiger partial charge in [-0.2, -0.15) is 0 Å². The Morgan fingerprint density at radius 2 is 1.78 bits per heavy atom. The number of nitrogens with one attached hydrogen (secondary N) is 2. The van der Waals surface area contributed by atoms with E-state index in [1.54, 1.807) is 29.1 Å². The zero-order chi connectivity index (χ0) is 28.5. The zero-order valence-electron chi connectivity index (χ0n) is 24.0. The second kappa shape index (κ2) is 11.6. The van der Waals surface area contributed by atoms with Crippen LogP contribution < -0.4 is 16.2 Å². The number of hydrogen-bond acceptors (Lipinski definition) is 6. The Kier molecular flexibility index (Phi) is 7.77. The summed E-state index contributed by atoms with van der Waals surface area (Å²) in [5, 5.41) is 6.37. The first-order valence-corrected chi connectivity index (χ1v) is 15.3. The van der Waals surface area contributed by atoms with E-state index in [0.29, 0.717) is 11.6 Å². The lowest BCUT2D eigenvalue weighted by Gasteiger charge is -2.29. The minimum atomic E-state index is -0.197. The van der Waals surface area contributed by atoms with Gasteiger partial charge in [-0.3, -0.25) is 9.59 Å². The van der Waals surface area contributed by atoms with Gasteiger partial charge in [0.25, 0.3) is 11.5 Å². The predicted octanol–water partition coefficient (Wildman–Crippen LogP) is 6.50. The molecule has 1 aliphatic heterocycles. The summed E-state index contributed by atoms with van der Waals surface area (Å²) in [5.41, 5.74) is 6.48. The van der Waals surface area contributed by atoms with Crippen molar-refractivity contribution in [2.45, 2.75) is 51.4 Å². The number of benzene rings is 2. The van der Waals surface area contributed by atoms with Crippen LogP contribution in [0, 0.1) is 6.92 Å². The second-order valence-electron chi connectivity index (χ2n) is 11.4. The van der Waals surface area contributed by atoms with Crippen molar-refractivity contribution in [3.63, 3.8) is 0 Å². The second-order valence-corrected chi connectivity index (χ2v) is 12.6. The number of aromatic nitrogens is 2. The lowest BCUT2D eigenvalue weighted by atomic mass is 9.89. The van der Waals surface area contributed by atoms with Crippen molar-refractivity contribution in [3.05, 3.63) is 91.5 Å². The minimum Gasteiger partial charge on any atom is -0.336 e. The first-order chi connectivity index (χ1) is 19.9. The lowest BCUT2D eigenvalue weighted by molar-refractivity contribution is 0.103. The van der Waals surface area contributed by atoms with Crippen molar-refractivity contribution in [1.82, 2.24) is 14.5 Å². The molecule has 2 N–H and O–H groups in total. The number of anilines is 3. The summed E-state index contributed by atoms with van der Waals surface area (Å²) in [6, 6.07) is 16.2. The molecule has 0 bridgehead atoms. The number of nitrogens with zero attached hydrogens (tertiary/aromatic N) is 3. The standard InChI is InChI=1S/C33H37N5O2S/c1-21-26(8-6-9-27(21)36-32(39)30-19-24-7-4-5-10-29(24)41-30)28-20-38(3)33(40)31(35-28)34-25-13-11-22(12-14-25)23-15-17-37(2)18-16-23/h6,8-9,11-14,19-20,23H,4-5,7,10,15-18H2,1-3H3,(H,34,35)(H,36,39). The molecule has 4 aromatic rings. The molecule has 0 radical (unpaired) electrons. The number of amides is 1. The Labute approximate surface area is 245 Å². The van der Waals surface area contributed by atoms with E-state index in [9.17, 15) is 9.59 Å². The average molecular weight is 568 g/mol. The summed E-state index contributed by atoms with van der Waals surface area (Å²) < 4.78 is 1.55. The molecular weight excluding hydrogens is 530 g/mol. The Hall–Kier alpha value is -3.75. The van der Waals surface area contributed by atoms with E-state index in [2.05, 4.69) is 40.8 Å². The molecule has 0 unspecified atom stereocenters. The van der Waals surface area contributed by atoms with E-state index >= 15 is 0 Å². The van der Waals surface area contributed by atoms with Gasteiger partial charge in [0, 0.05) is 35.1 Å². The number of thiophene rings is 1. The summed E-state index contributed by atoms with van der Waals surface area (Å²) in [5.74, 6) is 0.773. The van der Waals surface area contributed by atoms with Crippen LogP contribution in [-0.2, 0) is 19.9 Å². The number of likely N-dealkylation sites (tertiary alicyclic amines) is 1. The quantitative estimate of drug-likeness (QED) is 0.278. The van der Waals surface area contributed by atoms with E-state index in [1.165, 1.54) is 41.7 Å². The van der Waals surface area contributed by atoms with Gasteiger partial charge in [-0.15, -0.1) is 11.3 Å². The summed E-state index contributed by atoms with van der Waals surface area (Å²) in [6.07, 6.45) is 8.60. The maximum atomic E-state index is 13.2. The average Bonchev–Trinajstić information content (AvgIpc) is 3.42. The van der Waals surface area contributed by atoms with Crippen molar-refractivity contribution < 1.29 is 4.79 Å². The SMILES string of the molecule is Cc1c(NC(=O)c2cc3c(s2)CCCC3)cccc1-c1cn(C)c(=O)c(Nc2ccc(C3CCN(C)CC3)cc2)n1. The van der Waals surface area contributed by atoms with Crippen molar-refractivity contribution in [2.24, 2.45) is 7.05 Å². The van der Waals surface area contributed by atoms with E-state index in [0.717, 1.165) is 53.3 Å². The Bertz CT molecular complexity index is 1610. The molecule has 3 heterocycles. The topological polar surface area (TPSA) is 79.3 Å². The van der Waals surface area contributed by atoms with Crippen LogP contribution in [0.4, 0.5) is 17.2 Å². The molecule has 1 amide bonds. The molecule has 1 aliphatic carbocycles. The number of aryl methyl sites for hydroxylation is 3. The molecule has 1 fully saturated rings. The number of carbonyl (C=O) groups excluding carboxylic acids is 1. The van der Waals surface area contributed by atoms with Crippen LogP contribution in [-0.4, -0.2) is 40.5 Å². The first kappa shape index (κ1) is 27.4. The highest BCUT2D eigenvalue weighted by Gasteiger charge is 2.20. The third-order valence-corrected chi connectivity index (χ3v) is 9.75.